The Morgan fingerprint density at radius 1 is 1.22 bits per heavy atom. The molecule has 0 fully saturated rings. The second kappa shape index (κ2) is 8.95. The minimum atomic E-state index is -3.54. The molecule has 1 rings (SSSR count). The van der Waals surface area contributed by atoms with E-state index in [0.717, 1.165) is 10.6 Å². The first-order valence-electron chi connectivity index (χ1n) is 7.30. The Morgan fingerprint density at radius 3 is 2.43 bits per heavy atom. The molecule has 1 N–H and O–H groups in total. The van der Waals surface area contributed by atoms with E-state index in [1.54, 1.807) is 18.2 Å². The van der Waals surface area contributed by atoms with E-state index >= 15 is 0 Å². The Kier molecular flexibility index (Phi) is 7.60. The van der Waals surface area contributed by atoms with E-state index in [1.165, 1.54) is 6.07 Å². The van der Waals surface area contributed by atoms with Crippen molar-refractivity contribution in [1.29, 1.82) is 0 Å². The maximum absolute atomic E-state index is 13.6. The number of nitrogens with one attached hydrogen (secondary N) is 1. The first-order chi connectivity index (χ1) is 10.7. The fourth-order valence-electron chi connectivity index (χ4n) is 1.94. The number of hydrogen-bond donors (Lipinski definition) is 1. The van der Waals surface area contributed by atoms with Crippen molar-refractivity contribution in [3.8, 4) is 0 Å². The van der Waals surface area contributed by atoms with Crippen LogP contribution in [0.5, 0.6) is 0 Å². The van der Waals surface area contributed by atoms with Gasteiger partial charge in [-0.05, 0) is 32.1 Å². The molecule has 1 aromatic rings. The molecule has 0 saturated carbocycles. The highest BCUT2D eigenvalue weighted by Crippen LogP contribution is 2.09. The lowest BCUT2D eigenvalue weighted by atomic mass is 10.1. The molecule has 0 heterocycles. The second-order valence-electron chi connectivity index (χ2n) is 5.59. The molecule has 1 aromatic carbocycles. The van der Waals surface area contributed by atoms with Gasteiger partial charge in [-0.2, -0.15) is 4.31 Å². The summed E-state index contributed by atoms with van der Waals surface area (Å²) in [5, 5.41) is 2.67. The van der Waals surface area contributed by atoms with Crippen molar-refractivity contribution in [3.05, 3.63) is 35.6 Å². The van der Waals surface area contributed by atoms with Gasteiger partial charge in [0.1, 0.15) is 5.82 Å². The molecule has 0 spiro atoms. The number of carbonyl (C=O) groups excluding carboxylic acids is 1. The quantitative estimate of drug-likeness (QED) is 0.699. The molecule has 0 saturated heterocycles. The summed E-state index contributed by atoms with van der Waals surface area (Å²) in [6.45, 7) is 0.901. The molecule has 1 amide bonds. The van der Waals surface area contributed by atoms with Crippen LogP contribution in [-0.2, 0) is 21.2 Å². The molecule has 23 heavy (non-hydrogen) atoms. The van der Waals surface area contributed by atoms with Crippen LogP contribution in [0.25, 0.3) is 0 Å². The number of likely N-dealkylation sites (N-methyl/N-ethyl adjacent to an activating group) is 1. The molecule has 0 aliphatic carbocycles. The third kappa shape index (κ3) is 7.54. The highest BCUT2D eigenvalue weighted by atomic mass is 32.2. The van der Waals surface area contributed by atoms with E-state index in [-0.39, 0.29) is 31.2 Å². The van der Waals surface area contributed by atoms with Crippen LogP contribution in [0.2, 0.25) is 0 Å². The molecule has 0 aromatic heterocycles. The fourth-order valence-corrected chi connectivity index (χ4v) is 2.72. The maximum Gasteiger partial charge on any atom is 0.235 e. The van der Waals surface area contributed by atoms with Crippen LogP contribution in [0.1, 0.15) is 5.56 Å². The van der Waals surface area contributed by atoms with Crippen molar-refractivity contribution in [2.24, 2.45) is 0 Å². The molecule has 0 atom stereocenters. The van der Waals surface area contributed by atoms with E-state index in [4.69, 9.17) is 0 Å². The average molecular weight is 345 g/mol. The van der Waals surface area contributed by atoms with Crippen molar-refractivity contribution >= 4 is 15.9 Å². The lowest BCUT2D eigenvalue weighted by molar-refractivity contribution is -0.121. The first kappa shape index (κ1) is 19.5. The van der Waals surface area contributed by atoms with Gasteiger partial charge in [-0.3, -0.25) is 4.79 Å². The Hall–Kier alpha value is -1.51. The van der Waals surface area contributed by atoms with Gasteiger partial charge in [-0.15, -0.1) is 0 Å². The number of nitrogens with zero attached hydrogens (tertiary/aromatic N) is 2. The Morgan fingerprint density at radius 2 is 1.87 bits per heavy atom. The van der Waals surface area contributed by atoms with Crippen molar-refractivity contribution in [3.63, 3.8) is 0 Å². The summed E-state index contributed by atoms with van der Waals surface area (Å²) >= 11 is 0. The Labute approximate surface area is 137 Å². The van der Waals surface area contributed by atoms with Crippen LogP contribution in [0.15, 0.2) is 24.3 Å². The van der Waals surface area contributed by atoms with E-state index in [9.17, 15) is 17.6 Å². The normalized spacial score (nSPS) is 11.9. The summed E-state index contributed by atoms with van der Waals surface area (Å²) in [7, 11) is 0.212. The van der Waals surface area contributed by atoms with Gasteiger partial charge in [-0.25, -0.2) is 12.8 Å². The van der Waals surface area contributed by atoms with Crippen molar-refractivity contribution in [1.82, 2.24) is 14.5 Å². The minimum absolute atomic E-state index is 0.0564. The topological polar surface area (TPSA) is 69.7 Å². The molecule has 8 heteroatoms. The van der Waals surface area contributed by atoms with Crippen LogP contribution in [0.3, 0.4) is 0 Å². The summed E-state index contributed by atoms with van der Waals surface area (Å²) in [6.07, 6.45) is 1.26. The SMILES string of the molecule is CN(C)CCNC(=O)CN(CCc1ccccc1F)S(C)(=O)=O. The monoisotopic (exact) mass is 345 g/mol. The third-order valence-electron chi connectivity index (χ3n) is 3.26. The highest BCUT2D eigenvalue weighted by molar-refractivity contribution is 7.88. The predicted molar refractivity (Wildman–Crippen MR) is 88.1 cm³/mol. The molecular formula is C15H24FN3O3S. The maximum atomic E-state index is 13.6. The summed E-state index contributed by atoms with van der Waals surface area (Å²) in [4.78, 5) is 13.8. The molecular weight excluding hydrogens is 321 g/mol. The number of hydrogen-bond acceptors (Lipinski definition) is 4. The summed E-state index contributed by atoms with van der Waals surface area (Å²) < 4.78 is 38.2. The zero-order valence-electron chi connectivity index (χ0n) is 13.8. The second-order valence-corrected chi connectivity index (χ2v) is 7.57. The van der Waals surface area contributed by atoms with Crippen molar-refractivity contribution < 1.29 is 17.6 Å². The van der Waals surface area contributed by atoms with E-state index in [1.807, 2.05) is 19.0 Å². The number of amides is 1. The summed E-state index contributed by atoms with van der Waals surface area (Å²) in [6, 6.07) is 6.20. The van der Waals surface area contributed by atoms with E-state index in [2.05, 4.69) is 5.32 Å². The lowest BCUT2D eigenvalue weighted by Gasteiger charge is -2.20. The smallest absolute Gasteiger partial charge is 0.235 e. The molecule has 0 unspecified atom stereocenters. The predicted octanol–water partition coefficient (Wildman–Crippen LogP) is 0.308. The molecule has 0 bridgehead atoms. The van der Waals surface area contributed by atoms with Crippen molar-refractivity contribution in [2.45, 2.75) is 6.42 Å². The zero-order chi connectivity index (χ0) is 17.5. The third-order valence-corrected chi connectivity index (χ3v) is 4.51. The minimum Gasteiger partial charge on any atom is -0.354 e. The van der Waals surface area contributed by atoms with Gasteiger partial charge in [0.15, 0.2) is 0 Å². The fraction of sp³-hybridized carbons (Fsp3) is 0.533. The largest absolute Gasteiger partial charge is 0.354 e. The van der Waals surface area contributed by atoms with Gasteiger partial charge < -0.3 is 10.2 Å². The highest BCUT2D eigenvalue weighted by Gasteiger charge is 2.20. The number of carbonyl (C=O) groups is 1. The van der Waals surface area contributed by atoms with E-state index < -0.39 is 10.0 Å². The Balaban J connectivity index is 2.60. The zero-order valence-corrected chi connectivity index (χ0v) is 14.6. The van der Waals surface area contributed by atoms with Gasteiger partial charge in [0, 0.05) is 19.6 Å². The lowest BCUT2D eigenvalue weighted by Crippen LogP contribution is -2.42. The number of sulfonamides is 1. The van der Waals surface area contributed by atoms with Crippen LogP contribution in [-0.4, -0.2) is 70.1 Å². The molecule has 130 valence electrons. The van der Waals surface area contributed by atoms with Crippen LogP contribution >= 0.6 is 0 Å². The number of benzene rings is 1. The van der Waals surface area contributed by atoms with Gasteiger partial charge in [0.25, 0.3) is 0 Å². The molecule has 6 nitrogen and oxygen atoms in total. The van der Waals surface area contributed by atoms with Gasteiger partial charge in [-0.1, -0.05) is 18.2 Å². The number of rotatable bonds is 9. The average Bonchev–Trinajstić information content (AvgIpc) is 2.43. The standard InChI is InChI=1S/C15H24FN3O3S/c1-18(2)11-9-17-15(20)12-19(23(3,21)22)10-8-13-6-4-5-7-14(13)16/h4-7H,8-12H2,1-3H3,(H,17,20). The van der Waals surface area contributed by atoms with Crippen molar-refractivity contribution in [2.75, 3.05) is 46.5 Å². The van der Waals surface area contributed by atoms with Crippen LogP contribution < -0.4 is 5.32 Å². The summed E-state index contributed by atoms with van der Waals surface area (Å²) in [5.74, 6) is -0.748. The first-order valence-corrected chi connectivity index (χ1v) is 9.15. The van der Waals surface area contributed by atoms with Crippen LogP contribution in [0, 0.1) is 5.82 Å². The summed E-state index contributed by atoms with van der Waals surface area (Å²) in [5.41, 5.74) is 0.425. The molecule has 0 radical (unpaired) electrons. The Bertz CT molecular complexity index is 620. The van der Waals surface area contributed by atoms with Crippen LogP contribution in [0.4, 0.5) is 4.39 Å². The number of halogens is 1. The van der Waals surface area contributed by atoms with Gasteiger partial charge in [0.2, 0.25) is 15.9 Å². The van der Waals surface area contributed by atoms with Gasteiger partial charge in [0.05, 0.1) is 12.8 Å². The van der Waals surface area contributed by atoms with E-state index in [0.29, 0.717) is 18.7 Å². The molecule has 0 aliphatic rings. The van der Waals surface area contributed by atoms with Gasteiger partial charge >= 0.3 is 0 Å². The molecule has 0 aliphatic heterocycles.